The number of nitrogens with two attached hydrogens (primary N) is 1. The Morgan fingerprint density at radius 3 is 2.08 bits per heavy atom. The van der Waals surface area contributed by atoms with Crippen LogP contribution in [0.15, 0.2) is 122 Å². The number of ether oxygens (including phenoxy) is 6. The summed E-state index contributed by atoms with van der Waals surface area (Å²) in [7, 11) is 3.70. The monoisotopic (exact) mass is 924 g/mol. The normalized spacial score (nSPS) is 19.5. The first-order chi connectivity index (χ1) is 31.4. The van der Waals surface area contributed by atoms with Crippen molar-refractivity contribution in [2.45, 2.75) is 43.0 Å². The molecule has 14 nitrogen and oxygen atoms in total. The number of imidazole rings is 1. The minimum Gasteiger partial charge on any atom is -0.497 e. The number of nitrogen functional groups attached to an aromatic ring is 1. The van der Waals surface area contributed by atoms with E-state index >= 15 is 0 Å². The summed E-state index contributed by atoms with van der Waals surface area (Å²) in [4.78, 5) is 26.4. The molecule has 2 fully saturated rings. The van der Waals surface area contributed by atoms with Crippen LogP contribution in [0, 0.1) is 0 Å². The van der Waals surface area contributed by atoms with E-state index in [2.05, 4.69) is 31.8 Å². The van der Waals surface area contributed by atoms with Crippen molar-refractivity contribution >= 4 is 52.7 Å². The van der Waals surface area contributed by atoms with Crippen molar-refractivity contribution in [3.63, 3.8) is 0 Å². The van der Waals surface area contributed by atoms with Crippen LogP contribution in [0.4, 0.5) is 5.82 Å². The van der Waals surface area contributed by atoms with Gasteiger partial charge in [-0.1, -0.05) is 108 Å². The summed E-state index contributed by atoms with van der Waals surface area (Å²) >= 11 is 3.06. The van der Waals surface area contributed by atoms with Crippen LogP contribution >= 0.6 is 30.6 Å². The molecule has 0 aliphatic carbocycles. The van der Waals surface area contributed by atoms with E-state index in [-0.39, 0.29) is 24.1 Å². The maximum atomic E-state index is 13.0. The van der Waals surface area contributed by atoms with Crippen molar-refractivity contribution in [2.24, 2.45) is 0 Å². The van der Waals surface area contributed by atoms with Gasteiger partial charge in [-0.25, -0.2) is 15.0 Å². The zero-order valence-electron chi connectivity index (χ0n) is 36.1. The van der Waals surface area contributed by atoms with Crippen LogP contribution in [0.3, 0.4) is 0 Å². The Labute approximate surface area is 383 Å². The fourth-order valence-electron chi connectivity index (χ4n) is 8.03. The fraction of sp³-hybridized carbons (Fsp3) is 0.362. The Morgan fingerprint density at radius 2 is 1.44 bits per heavy atom. The summed E-state index contributed by atoms with van der Waals surface area (Å²) in [5, 5.41) is 0.0519. The standard InChI is InChI=1S/C47H53N6O8PS2/c1-55-26-27-58-42-41(61-62(52-24-10-11-25-52)64-29-28-63-46(54)33-12-6-4-7-13-33)39(60-45(42)53-32-51-40-43(48)49-31-50-44(40)53)30-59-47(34-14-8-5-9-15-34,35-16-20-37(56-2)21-17-35)36-18-22-38(57-3)23-19-36/h4-9,12-23,31-32,39,41-42,45H,10-11,24-30H2,1-3H3,(H2,48,49,50)/t39-,41+,42+,45-,62?/m1/s1. The lowest BCUT2D eigenvalue weighted by atomic mass is 9.80. The molecule has 2 aliphatic rings. The third-order valence-electron chi connectivity index (χ3n) is 11.2. The molecule has 336 valence electrons. The van der Waals surface area contributed by atoms with Gasteiger partial charge < -0.3 is 38.7 Å². The van der Waals surface area contributed by atoms with E-state index in [1.54, 1.807) is 39.0 Å². The number of rotatable bonds is 21. The number of hydrogen-bond acceptors (Lipinski definition) is 15. The van der Waals surface area contributed by atoms with Crippen molar-refractivity contribution in [3.05, 3.63) is 144 Å². The largest absolute Gasteiger partial charge is 0.497 e. The highest BCUT2D eigenvalue weighted by Crippen LogP contribution is 2.58. The molecule has 4 aromatic carbocycles. The van der Waals surface area contributed by atoms with Gasteiger partial charge in [-0.2, -0.15) is 0 Å². The molecule has 2 aromatic heterocycles. The number of anilines is 1. The van der Waals surface area contributed by atoms with Gasteiger partial charge in [0.2, 0.25) is 5.12 Å². The van der Waals surface area contributed by atoms with Gasteiger partial charge in [-0.05, 0) is 53.8 Å². The van der Waals surface area contributed by atoms with Crippen molar-refractivity contribution in [2.75, 3.05) is 71.5 Å². The maximum Gasteiger partial charge on any atom is 0.219 e. The summed E-state index contributed by atoms with van der Waals surface area (Å²) < 4.78 is 49.8. The molecule has 2 N–H and O–H groups in total. The molecule has 4 heterocycles. The topological polar surface area (TPSA) is 155 Å². The summed E-state index contributed by atoms with van der Waals surface area (Å²) in [5.74, 6) is 3.03. The van der Waals surface area contributed by atoms with Gasteiger partial charge in [-0.15, -0.1) is 0 Å². The second-order valence-corrected chi connectivity index (χ2v) is 19.8. The first-order valence-electron chi connectivity index (χ1n) is 21.2. The highest BCUT2D eigenvalue weighted by atomic mass is 32.7. The molecule has 5 atom stereocenters. The van der Waals surface area contributed by atoms with Crippen molar-refractivity contribution in [3.8, 4) is 11.5 Å². The van der Waals surface area contributed by atoms with E-state index < -0.39 is 37.6 Å². The molecule has 1 unspecified atom stereocenters. The van der Waals surface area contributed by atoms with E-state index in [9.17, 15) is 4.79 Å². The molecule has 17 heteroatoms. The summed E-state index contributed by atoms with van der Waals surface area (Å²) in [6.45, 7) is 2.51. The number of aromatic nitrogens is 4. The number of carbonyl (C=O) groups is 1. The molecule has 2 saturated heterocycles. The van der Waals surface area contributed by atoms with Crippen LogP contribution in [0.2, 0.25) is 0 Å². The van der Waals surface area contributed by atoms with E-state index in [4.69, 9.17) is 38.7 Å². The van der Waals surface area contributed by atoms with E-state index in [0.29, 0.717) is 34.8 Å². The number of benzene rings is 4. The number of nitrogens with zero attached hydrogens (tertiary/aromatic N) is 5. The van der Waals surface area contributed by atoms with Crippen LogP contribution in [0.5, 0.6) is 11.5 Å². The molecule has 6 aromatic rings. The highest BCUT2D eigenvalue weighted by Gasteiger charge is 2.51. The molecule has 64 heavy (non-hydrogen) atoms. The second-order valence-electron chi connectivity index (χ2n) is 15.1. The van der Waals surface area contributed by atoms with Crippen molar-refractivity contribution in [1.29, 1.82) is 0 Å². The number of hydrogen-bond donors (Lipinski definition) is 1. The SMILES string of the molecule is COCCO[C@H]1[C@@H](OP(SCCSC(=O)c2ccccc2)N2CCCC2)[C@@H](COC(c2ccccc2)(c2ccc(OC)cc2)c2ccc(OC)cc2)O[C@H]1n1cnc2c(N)ncnc21. The van der Waals surface area contributed by atoms with Gasteiger partial charge in [0.05, 0.1) is 40.4 Å². The predicted molar refractivity (Wildman–Crippen MR) is 252 cm³/mol. The molecular weight excluding hydrogens is 872 g/mol. The third-order valence-corrected chi connectivity index (χ3v) is 16.5. The number of fused-ring (bicyclic) bond motifs is 1. The van der Waals surface area contributed by atoms with E-state index in [1.165, 1.54) is 18.1 Å². The Balaban J connectivity index is 1.18. The van der Waals surface area contributed by atoms with Gasteiger partial charge in [0, 0.05) is 37.3 Å². The maximum absolute atomic E-state index is 13.0. The summed E-state index contributed by atoms with van der Waals surface area (Å²) in [5.41, 5.74) is 9.50. The zero-order chi connectivity index (χ0) is 44.3. The Kier molecular flexibility index (Phi) is 15.8. The molecule has 0 amide bonds. The lowest BCUT2D eigenvalue weighted by Gasteiger charge is -2.38. The molecule has 8 rings (SSSR count). The average molecular weight is 925 g/mol. The molecular formula is C47H53N6O8PS2. The summed E-state index contributed by atoms with van der Waals surface area (Å²) in [6, 6.07) is 35.5. The van der Waals surface area contributed by atoms with Crippen LogP contribution in [-0.4, -0.2) is 113 Å². The van der Waals surface area contributed by atoms with Gasteiger partial charge in [0.1, 0.15) is 47.3 Å². The van der Waals surface area contributed by atoms with Gasteiger partial charge in [0.15, 0.2) is 25.2 Å². The smallest absolute Gasteiger partial charge is 0.219 e. The molecule has 0 radical (unpaired) electrons. The lowest BCUT2D eigenvalue weighted by Crippen LogP contribution is -2.41. The van der Waals surface area contributed by atoms with Crippen LogP contribution in [0.25, 0.3) is 11.2 Å². The Bertz CT molecular complexity index is 2350. The average Bonchev–Trinajstić information content (AvgIpc) is 4.12. The number of thioether (sulfide) groups is 1. The molecule has 0 bridgehead atoms. The number of methoxy groups -OCH3 is 3. The van der Waals surface area contributed by atoms with Gasteiger partial charge in [-0.3, -0.25) is 14.0 Å². The highest BCUT2D eigenvalue weighted by molar-refractivity contribution is 8.53. The molecule has 2 aliphatic heterocycles. The van der Waals surface area contributed by atoms with E-state index in [1.807, 2.05) is 102 Å². The minimum absolute atomic E-state index is 0.0519. The van der Waals surface area contributed by atoms with Crippen LogP contribution in [0.1, 0.15) is 46.1 Å². The van der Waals surface area contributed by atoms with Crippen LogP contribution < -0.4 is 15.2 Å². The number of carbonyl (C=O) groups excluding carboxylic acids is 1. The molecule has 0 spiro atoms. The predicted octanol–water partition coefficient (Wildman–Crippen LogP) is 8.38. The fourth-order valence-corrected chi connectivity index (χ4v) is 13.3. The quantitative estimate of drug-likeness (QED) is 0.0417. The van der Waals surface area contributed by atoms with Crippen molar-refractivity contribution in [1.82, 2.24) is 24.2 Å². The molecule has 0 saturated carbocycles. The lowest BCUT2D eigenvalue weighted by molar-refractivity contribution is -0.0964. The minimum atomic E-state index is -1.25. The van der Waals surface area contributed by atoms with Crippen molar-refractivity contribution < 1.29 is 37.7 Å². The van der Waals surface area contributed by atoms with Gasteiger partial charge >= 0.3 is 0 Å². The van der Waals surface area contributed by atoms with Crippen LogP contribution in [-0.2, 0) is 29.1 Å². The Morgan fingerprint density at radius 1 is 0.797 bits per heavy atom. The first kappa shape index (κ1) is 45.9. The van der Waals surface area contributed by atoms with Gasteiger partial charge in [0.25, 0.3) is 0 Å². The first-order valence-corrected chi connectivity index (χ1v) is 25.0. The third kappa shape index (κ3) is 10.3. The summed E-state index contributed by atoms with van der Waals surface area (Å²) in [6.07, 6.45) is 2.50. The second kappa shape index (κ2) is 22.1. The Hall–Kier alpha value is -4.61. The van der Waals surface area contributed by atoms with E-state index in [0.717, 1.165) is 54.1 Å². The zero-order valence-corrected chi connectivity index (χ0v) is 38.6.